The first-order valence-electron chi connectivity index (χ1n) is 4.15. The molecular weight excluding hydrogens is 256 g/mol. The molecule has 1 aromatic heterocycles. The van der Waals surface area contributed by atoms with E-state index in [4.69, 9.17) is 10.2 Å². The van der Waals surface area contributed by atoms with Crippen LogP contribution in [0.4, 0.5) is 0 Å². The fraction of sp³-hybridized carbons (Fsp3) is 0.429. The van der Waals surface area contributed by atoms with E-state index in [1.54, 1.807) is 6.92 Å². The molecule has 1 atom stereocenters. The Morgan fingerprint density at radius 2 is 2.31 bits per heavy atom. The number of aryl methyl sites for hydroxylation is 1. The molecule has 0 radical (unpaired) electrons. The number of aliphatic hydroxyl groups excluding tert-OH is 1. The highest BCUT2D eigenvalue weighted by atomic mass is 32.2. The lowest BCUT2D eigenvalue weighted by atomic mass is 10.3. The SMILES string of the molecule is Cc1ncc(S(=O)(=O)N[C@H](CO)C(=O)O)s1. The van der Waals surface area contributed by atoms with Gasteiger partial charge in [-0.05, 0) is 6.92 Å². The molecule has 3 N–H and O–H groups in total. The number of aliphatic carboxylic acids is 1. The molecule has 1 rings (SSSR count). The summed E-state index contributed by atoms with van der Waals surface area (Å²) >= 11 is 0.923. The van der Waals surface area contributed by atoms with E-state index in [1.165, 1.54) is 0 Å². The number of aromatic nitrogens is 1. The molecule has 0 unspecified atom stereocenters. The summed E-state index contributed by atoms with van der Waals surface area (Å²) in [7, 11) is -3.93. The number of sulfonamides is 1. The van der Waals surface area contributed by atoms with Crippen LogP contribution in [-0.4, -0.2) is 42.2 Å². The Labute approximate surface area is 95.8 Å². The van der Waals surface area contributed by atoms with Crippen molar-refractivity contribution in [2.45, 2.75) is 17.2 Å². The Kier molecular flexibility index (Phi) is 3.97. The zero-order valence-electron chi connectivity index (χ0n) is 8.24. The van der Waals surface area contributed by atoms with Crippen LogP contribution in [0.2, 0.25) is 0 Å². The van der Waals surface area contributed by atoms with Gasteiger partial charge in [-0.3, -0.25) is 4.79 Å². The van der Waals surface area contributed by atoms with E-state index in [0.717, 1.165) is 17.5 Å². The smallest absolute Gasteiger partial charge is 0.324 e. The van der Waals surface area contributed by atoms with Crippen molar-refractivity contribution in [1.82, 2.24) is 9.71 Å². The summed E-state index contributed by atoms with van der Waals surface area (Å²) in [5.41, 5.74) is 0. The summed E-state index contributed by atoms with van der Waals surface area (Å²) in [6.07, 6.45) is 1.14. The monoisotopic (exact) mass is 266 g/mol. The second-order valence-electron chi connectivity index (χ2n) is 2.89. The quantitative estimate of drug-likeness (QED) is 0.641. The maximum Gasteiger partial charge on any atom is 0.324 e. The van der Waals surface area contributed by atoms with Crippen LogP contribution in [0.3, 0.4) is 0 Å². The largest absolute Gasteiger partial charge is 0.480 e. The van der Waals surface area contributed by atoms with Crippen LogP contribution >= 0.6 is 11.3 Å². The van der Waals surface area contributed by atoms with Gasteiger partial charge in [-0.2, -0.15) is 4.72 Å². The predicted molar refractivity (Wildman–Crippen MR) is 55.7 cm³/mol. The van der Waals surface area contributed by atoms with E-state index in [1.807, 2.05) is 4.72 Å². The molecule has 7 nitrogen and oxygen atoms in total. The van der Waals surface area contributed by atoms with Gasteiger partial charge in [0.05, 0.1) is 17.8 Å². The van der Waals surface area contributed by atoms with Gasteiger partial charge in [-0.1, -0.05) is 0 Å². The van der Waals surface area contributed by atoms with Crippen molar-refractivity contribution >= 4 is 27.3 Å². The standard InChI is InChI=1S/C7H10N2O5S2/c1-4-8-2-6(15-4)16(13,14)9-5(3-10)7(11)12/h2,5,9-10H,3H2,1H3,(H,11,12)/t5-/m1/s1. The third-order valence-electron chi connectivity index (χ3n) is 1.64. The van der Waals surface area contributed by atoms with Crippen LogP contribution in [0.1, 0.15) is 5.01 Å². The number of carboxylic acid groups (broad SMARTS) is 1. The molecule has 0 saturated heterocycles. The molecule has 1 aromatic rings. The number of carbonyl (C=O) groups is 1. The van der Waals surface area contributed by atoms with Gasteiger partial charge < -0.3 is 10.2 Å². The minimum atomic E-state index is -3.93. The van der Waals surface area contributed by atoms with E-state index in [2.05, 4.69) is 4.98 Å². The third kappa shape index (κ3) is 2.98. The molecule has 0 amide bonds. The minimum Gasteiger partial charge on any atom is -0.480 e. The van der Waals surface area contributed by atoms with E-state index >= 15 is 0 Å². The topological polar surface area (TPSA) is 117 Å². The summed E-state index contributed by atoms with van der Waals surface area (Å²) < 4.78 is 25.0. The second kappa shape index (κ2) is 4.87. The number of nitrogens with one attached hydrogen (secondary N) is 1. The average molecular weight is 266 g/mol. The van der Waals surface area contributed by atoms with Gasteiger partial charge in [-0.25, -0.2) is 13.4 Å². The van der Waals surface area contributed by atoms with Gasteiger partial charge in [0.1, 0.15) is 6.04 Å². The normalized spacial score (nSPS) is 13.6. The summed E-state index contributed by atoms with van der Waals surface area (Å²) in [5, 5.41) is 17.8. The fourth-order valence-electron chi connectivity index (χ4n) is 0.877. The van der Waals surface area contributed by atoms with Gasteiger partial charge >= 0.3 is 5.97 Å². The van der Waals surface area contributed by atoms with Crippen LogP contribution in [0, 0.1) is 6.92 Å². The molecule has 1 heterocycles. The summed E-state index contributed by atoms with van der Waals surface area (Å²) in [4.78, 5) is 14.3. The first kappa shape index (κ1) is 13.0. The van der Waals surface area contributed by atoms with E-state index in [9.17, 15) is 13.2 Å². The van der Waals surface area contributed by atoms with Crippen molar-refractivity contribution in [1.29, 1.82) is 0 Å². The summed E-state index contributed by atoms with van der Waals surface area (Å²) in [5.74, 6) is -1.44. The molecule has 0 saturated carbocycles. The first-order valence-corrected chi connectivity index (χ1v) is 6.45. The van der Waals surface area contributed by atoms with Crippen LogP contribution in [-0.2, 0) is 14.8 Å². The van der Waals surface area contributed by atoms with Gasteiger partial charge in [0, 0.05) is 0 Å². The van der Waals surface area contributed by atoms with Crippen LogP contribution in [0.15, 0.2) is 10.4 Å². The third-order valence-corrected chi connectivity index (χ3v) is 4.49. The number of hydrogen-bond donors (Lipinski definition) is 3. The Hall–Kier alpha value is -1.03. The van der Waals surface area contributed by atoms with Crippen molar-refractivity contribution < 1.29 is 23.4 Å². The van der Waals surface area contributed by atoms with E-state index in [0.29, 0.717) is 5.01 Å². The van der Waals surface area contributed by atoms with Crippen molar-refractivity contribution in [3.05, 3.63) is 11.2 Å². The number of thiazole rings is 1. The Morgan fingerprint density at radius 1 is 1.69 bits per heavy atom. The van der Waals surface area contributed by atoms with Crippen molar-refractivity contribution in [2.75, 3.05) is 6.61 Å². The molecule has 0 fully saturated rings. The summed E-state index contributed by atoms with van der Waals surface area (Å²) in [6, 6.07) is -1.55. The zero-order valence-corrected chi connectivity index (χ0v) is 9.88. The molecule has 0 aliphatic carbocycles. The molecule has 9 heteroatoms. The zero-order chi connectivity index (χ0) is 12.3. The molecule has 0 aromatic carbocycles. The summed E-state index contributed by atoms with van der Waals surface area (Å²) in [6.45, 7) is 0.816. The molecule has 16 heavy (non-hydrogen) atoms. The number of rotatable bonds is 5. The first-order chi connectivity index (χ1) is 7.36. The Balaban J connectivity index is 2.91. The molecule has 0 spiro atoms. The average Bonchev–Trinajstić information content (AvgIpc) is 2.61. The highest BCUT2D eigenvalue weighted by Gasteiger charge is 2.25. The van der Waals surface area contributed by atoms with Crippen LogP contribution in [0.5, 0.6) is 0 Å². The highest BCUT2D eigenvalue weighted by molar-refractivity contribution is 7.91. The lowest BCUT2D eigenvalue weighted by molar-refractivity contribution is -0.139. The predicted octanol–water partition coefficient (Wildman–Crippen LogP) is -0.825. The lowest BCUT2D eigenvalue weighted by Gasteiger charge is -2.10. The van der Waals surface area contributed by atoms with E-state index in [-0.39, 0.29) is 4.21 Å². The van der Waals surface area contributed by atoms with Gasteiger partial charge in [0.25, 0.3) is 10.0 Å². The molecular formula is C7H10N2O5S2. The van der Waals surface area contributed by atoms with Crippen LogP contribution in [0.25, 0.3) is 0 Å². The number of carboxylic acids is 1. The molecule has 0 aliphatic heterocycles. The second-order valence-corrected chi connectivity index (χ2v) is 6.07. The molecule has 90 valence electrons. The van der Waals surface area contributed by atoms with Crippen molar-refractivity contribution in [3.8, 4) is 0 Å². The van der Waals surface area contributed by atoms with E-state index < -0.39 is 28.6 Å². The number of nitrogens with zero attached hydrogens (tertiary/aromatic N) is 1. The van der Waals surface area contributed by atoms with Gasteiger partial charge in [0.15, 0.2) is 4.21 Å². The van der Waals surface area contributed by atoms with Gasteiger partial charge in [0.2, 0.25) is 0 Å². The maximum atomic E-state index is 11.6. The maximum absolute atomic E-state index is 11.6. The number of aliphatic hydroxyl groups is 1. The minimum absolute atomic E-state index is 0.0790. The molecule has 0 bridgehead atoms. The van der Waals surface area contributed by atoms with Crippen molar-refractivity contribution in [2.24, 2.45) is 0 Å². The Bertz CT molecular complexity index is 481. The number of hydrogen-bond acceptors (Lipinski definition) is 6. The van der Waals surface area contributed by atoms with Crippen molar-refractivity contribution in [3.63, 3.8) is 0 Å². The fourth-order valence-corrected chi connectivity index (χ4v) is 3.18. The lowest BCUT2D eigenvalue weighted by Crippen LogP contribution is -2.42. The highest BCUT2D eigenvalue weighted by Crippen LogP contribution is 2.17. The van der Waals surface area contributed by atoms with Gasteiger partial charge in [-0.15, -0.1) is 11.3 Å². The Morgan fingerprint density at radius 3 is 2.69 bits per heavy atom. The van der Waals surface area contributed by atoms with Crippen LogP contribution < -0.4 is 4.72 Å². The molecule has 0 aliphatic rings.